The van der Waals surface area contributed by atoms with Gasteiger partial charge in [-0.25, -0.2) is 8.42 Å². The first kappa shape index (κ1) is 12.4. The molecular weight excluding hydrogens is 214 g/mol. The minimum Gasteiger partial charge on any atom is -0.387 e. The summed E-state index contributed by atoms with van der Waals surface area (Å²) < 4.78 is 22.0. The highest BCUT2D eigenvalue weighted by molar-refractivity contribution is 7.90. The van der Waals surface area contributed by atoms with Gasteiger partial charge in [-0.05, 0) is 19.4 Å². The summed E-state index contributed by atoms with van der Waals surface area (Å²) in [7, 11) is -2.89. The number of nitrogens with two attached hydrogens (primary N) is 1. The number of amidine groups is 1. The van der Waals surface area contributed by atoms with Gasteiger partial charge in [0.05, 0.1) is 11.6 Å². The summed E-state index contributed by atoms with van der Waals surface area (Å²) in [5.41, 5.74) is 5.45. The Bertz CT molecular complexity index is 326. The lowest BCUT2D eigenvalue weighted by Gasteiger charge is -2.31. The molecule has 1 aliphatic rings. The molecule has 1 rings (SSSR count). The van der Waals surface area contributed by atoms with Crippen LogP contribution in [0.25, 0.3) is 0 Å². The van der Waals surface area contributed by atoms with Crippen LogP contribution in [0.1, 0.15) is 12.8 Å². The van der Waals surface area contributed by atoms with Crippen LogP contribution in [0.5, 0.6) is 0 Å². The third kappa shape index (κ3) is 4.61. The van der Waals surface area contributed by atoms with Gasteiger partial charge in [0, 0.05) is 25.3 Å². The van der Waals surface area contributed by atoms with Gasteiger partial charge in [-0.1, -0.05) is 0 Å². The quantitative estimate of drug-likeness (QED) is 0.514. The van der Waals surface area contributed by atoms with Crippen LogP contribution in [0, 0.1) is 11.3 Å². The predicted octanol–water partition coefficient (Wildman–Crippen LogP) is -0.321. The second-order valence-corrected chi connectivity index (χ2v) is 6.48. The third-order valence-electron chi connectivity index (χ3n) is 2.72. The minimum atomic E-state index is -2.89. The molecule has 3 N–H and O–H groups in total. The fourth-order valence-electron chi connectivity index (χ4n) is 1.81. The molecular formula is C9H19N3O2S. The van der Waals surface area contributed by atoms with Gasteiger partial charge in [-0.3, -0.25) is 5.41 Å². The summed E-state index contributed by atoms with van der Waals surface area (Å²) in [4.78, 5) is 2.08. The Kier molecular flexibility index (Phi) is 4.10. The molecule has 1 fully saturated rings. The van der Waals surface area contributed by atoms with Crippen LogP contribution in [-0.2, 0) is 9.84 Å². The first-order valence-electron chi connectivity index (χ1n) is 5.12. The van der Waals surface area contributed by atoms with Crippen LogP contribution in [0.2, 0.25) is 0 Å². The summed E-state index contributed by atoms with van der Waals surface area (Å²) >= 11 is 0. The van der Waals surface area contributed by atoms with E-state index in [-0.39, 0.29) is 17.5 Å². The van der Waals surface area contributed by atoms with Gasteiger partial charge in [0.2, 0.25) is 0 Å². The van der Waals surface area contributed by atoms with Gasteiger partial charge in [0.15, 0.2) is 0 Å². The van der Waals surface area contributed by atoms with Crippen molar-refractivity contribution < 1.29 is 8.42 Å². The van der Waals surface area contributed by atoms with E-state index in [2.05, 4.69) is 4.90 Å². The lowest BCUT2D eigenvalue weighted by Crippen LogP contribution is -2.42. The smallest absolute Gasteiger partial charge is 0.148 e. The van der Waals surface area contributed by atoms with Crippen molar-refractivity contribution in [1.29, 1.82) is 5.41 Å². The third-order valence-corrected chi connectivity index (χ3v) is 3.65. The molecule has 0 saturated carbocycles. The summed E-state index contributed by atoms with van der Waals surface area (Å²) in [6.07, 6.45) is 3.19. The second-order valence-electron chi connectivity index (χ2n) is 4.22. The Morgan fingerprint density at radius 1 is 1.60 bits per heavy atom. The maximum atomic E-state index is 11.0. The van der Waals surface area contributed by atoms with Crippen molar-refractivity contribution in [3.63, 3.8) is 0 Å². The monoisotopic (exact) mass is 233 g/mol. The Balaban J connectivity index is 2.40. The van der Waals surface area contributed by atoms with E-state index >= 15 is 0 Å². The van der Waals surface area contributed by atoms with Gasteiger partial charge in [0.25, 0.3) is 0 Å². The SMILES string of the molecule is CS(=O)(=O)CCN1CCCC(C(=N)N)C1. The Morgan fingerprint density at radius 2 is 2.27 bits per heavy atom. The molecule has 0 amide bonds. The van der Waals surface area contributed by atoms with E-state index in [1.807, 2.05) is 0 Å². The summed E-state index contributed by atoms with van der Waals surface area (Å²) in [6, 6.07) is 0. The molecule has 0 radical (unpaired) electrons. The van der Waals surface area contributed by atoms with Gasteiger partial charge < -0.3 is 10.6 Å². The first-order chi connectivity index (χ1) is 6.88. The molecule has 0 aromatic rings. The molecule has 0 spiro atoms. The Morgan fingerprint density at radius 3 is 2.80 bits per heavy atom. The van der Waals surface area contributed by atoms with E-state index in [1.54, 1.807) is 0 Å². The van der Waals surface area contributed by atoms with Crippen molar-refractivity contribution in [2.24, 2.45) is 11.7 Å². The average molecular weight is 233 g/mol. The van der Waals surface area contributed by atoms with Crippen LogP contribution < -0.4 is 5.73 Å². The first-order valence-corrected chi connectivity index (χ1v) is 7.18. The molecule has 1 unspecified atom stereocenters. The van der Waals surface area contributed by atoms with E-state index in [0.29, 0.717) is 6.54 Å². The van der Waals surface area contributed by atoms with Crippen molar-refractivity contribution in [2.75, 3.05) is 31.6 Å². The largest absolute Gasteiger partial charge is 0.387 e. The molecule has 6 heteroatoms. The topological polar surface area (TPSA) is 87.2 Å². The van der Waals surface area contributed by atoms with Crippen molar-refractivity contribution in [2.45, 2.75) is 12.8 Å². The Labute approximate surface area is 91.1 Å². The number of piperidine rings is 1. The Hall–Kier alpha value is -0.620. The van der Waals surface area contributed by atoms with Crippen LogP contribution in [-0.4, -0.2) is 50.8 Å². The fourth-order valence-corrected chi connectivity index (χ4v) is 2.40. The van der Waals surface area contributed by atoms with Crippen molar-refractivity contribution in [3.05, 3.63) is 0 Å². The number of rotatable bonds is 4. The van der Waals surface area contributed by atoms with Crippen LogP contribution >= 0.6 is 0 Å². The summed E-state index contributed by atoms with van der Waals surface area (Å²) in [5, 5.41) is 7.37. The average Bonchev–Trinajstić information content (AvgIpc) is 2.14. The fraction of sp³-hybridized carbons (Fsp3) is 0.889. The van der Waals surface area contributed by atoms with Gasteiger partial charge in [-0.15, -0.1) is 0 Å². The number of likely N-dealkylation sites (tertiary alicyclic amines) is 1. The number of nitrogens with one attached hydrogen (secondary N) is 1. The highest BCUT2D eigenvalue weighted by atomic mass is 32.2. The summed E-state index contributed by atoms with van der Waals surface area (Å²) in [5.74, 6) is 0.523. The molecule has 0 bridgehead atoms. The lowest BCUT2D eigenvalue weighted by atomic mass is 9.97. The molecule has 88 valence electrons. The van der Waals surface area contributed by atoms with E-state index in [4.69, 9.17) is 11.1 Å². The summed E-state index contributed by atoms with van der Waals surface area (Å²) in [6.45, 7) is 2.20. The zero-order valence-electron chi connectivity index (χ0n) is 9.07. The molecule has 0 aromatic heterocycles. The molecule has 1 atom stereocenters. The highest BCUT2D eigenvalue weighted by Crippen LogP contribution is 2.15. The number of hydrogen-bond donors (Lipinski definition) is 2. The van der Waals surface area contributed by atoms with Gasteiger partial charge in [0.1, 0.15) is 9.84 Å². The molecule has 15 heavy (non-hydrogen) atoms. The lowest BCUT2D eigenvalue weighted by molar-refractivity contribution is 0.214. The number of nitrogens with zero attached hydrogens (tertiary/aromatic N) is 1. The molecule has 5 nitrogen and oxygen atoms in total. The zero-order chi connectivity index (χ0) is 11.5. The predicted molar refractivity (Wildman–Crippen MR) is 60.8 cm³/mol. The van der Waals surface area contributed by atoms with Crippen molar-refractivity contribution in [1.82, 2.24) is 4.90 Å². The standard InChI is InChI=1S/C9H19N3O2S/c1-15(13,14)6-5-12-4-2-3-8(7-12)9(10)11/h8H,2-7H2,1H3,(H3,10,11). The van der Waals surface area contributed by atoms with Crippen LogP contribution in [0.15, 0.2) is 0 Å². The van der Waals surface area contributed by atoms with Crippen LogP contribution in [0.4, 0.5) is 0 Å². The second kappa shape index (κ2) is 4.94. The van der Waals surface area contributed by atoms with Crippen molar-refractivity contribution in [3.8, 4) is 0 Å². The zero-order valence-corrected chi connectivity index (χ0v) is 9.89. The van der Waals surface area contributed by atoms with E-state index in [1.165, 1.54) is 6.26 Å². The maximum Gasteiger partial charge on any atom is 0.148 e. The molecule has 0 aromatic carbocycles. The number of hydrogen-bond acceptors (Lipinski definition) is 4. The molecule has 1 aliphatic heterocycles. The molecule has 0 aliphatic carbocycles. The molecule has 1 saturated heterocycles. The van der Waals surface area contributed by atoms with Crippen molar-refractivity contribution >= 4 is 15.7 Å². The van der Waals surface area contributed by atoms with Gasteiger partial charge in [-0.2, -0.15) is 0 Å². The van der Waals surface area contributed by atoms with Gasteiger partial charge >= 0.3 is 0 Å². The van der Waals surface area contributed by atoms with E-state index in [0.717, 1.165) is 25.9 Å². The number of sulfone groups is 1. The van der Waals surface area contributed by atoms with E-state index in [9.17, 15) is 8.42 Å². The van der Waals surface area contributed by atoms with Crippen LogP contribution in [0.3, 0.4) is 0 Å². The minimum absolute atomic E-state index is 0.110. The highest BCUT2D eigenvalue weighted by Gasteiger charge is 2.22. The molecule has 1 heterocycles. The normalized spacial score (nSPS) is 23.9. The maximum absolute atomic E-state index is 11.0. The van der Waals surface area contributed by atoms with E-state index < -0.39 is 9.84 Å².